The SMILES string of the molecule is CC1CCCN(C(=O)CSc2nnnn2C2CCCC2)CC1. The molecule has 22 heavy (non-hydrogen) atoms. The van der Waals surface area contributed by atoms with E-state index in [0.29, 0.717) is 11.8 Å². The zero-order valence-electron chi connectivity index (χ0n) is 13.3. The van der Waals surface area contributed by atoms with Gasteiger partial charge in [-0.25, -0.2) is 4.68 Å². The summed E-state index contributed by atoms with van der Waals surface area (Å²) in [4.78, 5) is 14.4. The summed E-state index contributed by atoms with van der Waals surface area (Å²) in [7, 11) is 0. The number of tetrazole rings is 1. The third-order valence-electron chi connectivity index (χ3n) is 4.83. The van der Waals surface area contributed by atoms with Gasteiger partial charge in [-0.3, -0.25) is 4.79 Å². The van der Waals surface area contributed by atoms with Crippen LogP contribution in [-0.4, -0.2) is 49.9 Å². The first-order valence-corrected chi connectivity index (χ1v) is 9.41. The summed E-state index contributed by atoms with van der Waals surface area (Å²) in [6, 6.07) is 0.423. The van der Waals surface area contributed by atoms with Crippen molar-refractivity contribution in [2.45, 2.75) is 63.1 Å². The van der Waals surface area contributed by atoms with Crippen LogP contribution in [0.3, 0.4) is 0 Å². The molecule has 0 aromatic carbocycles. The standard InChI is InChI=1S/C15H25N5OS/c1-12-5-4-9-19(10-8-12)14(21)11-22-15-16-17-18-20(15)13-6-2-3-7-13/h12-13H,2-11H2,1H3. The van der Waals surface area contributed by atoms with Crippen molar-refractivity contribution in [3.63, 3.8) is 0 Å². The van der Waals surface area contributed by atoms with Crippen LogP contribution in [-0.2, 0) is 4.79 Å². The van der Waals surface area contributed by atoms with Gasteiger partial charge in [0.25, 0.3) is 0 Å². The van der Waals surface area contributed by atoms with Crippen LogP contribution in [0.2, 0.25) is 0 Å². The Labute approximate surface area is 136 Å². The lowest BCUT2D eigenvalue weighted by molar-refractivity contribution is -0.128. The molecule has 0 bridgehead atoms. The van der Waals surface area contributed by atoms with Crippen molar-refractivity contribution in [3.8, 4) is 0 Å². The van der Waals surface area contributed by atoms with E-state index in [2.05, 4.69) is 22.4 Å². The first-order valence-electron chi connectivity index (χ1n) is 8.42. The van der Waals surface area contributed by atoms with E-state index >= 15 is 0 Å². The van der Waals surface area contributed by atoms with Gasteiger partial charge >= 0.3 is 0 Å². The fourth-order valence-corrected chi connectivity index (χ4v) is 4.24. The van der Waals surface area contributed by atoms with Crippen LogP contribution in [0.15, 0.2) is 5.16 Å². The van der Waals surface area contributed by atoms with Gasteiger partial charge in [0.05, 0.1) is 11.8 Å². The molecule has 1 aromatic rings. The predicted molar refractivity (Wildman–Crippen MR) is 85.6 cm³/mol. The molecule has 2 fully saturated rings. The van der Waals surface area contributed by atoms with Crippen LogP contribution >= 0.6 is 11.8 Å². The highest BCUT2D eigenvalue weighted by molar-refractivity contribution is 7.99. The van der Waals surface area contributed by atoms with E-state index < -0.39 is 0 Å². The highest BCUT2D eigenvalue weighted by Crippen LogP contribution is 2.31. The molecule has 0 N–H and O–H groups in total. The smallest absolute Gasteiger partial charge is 0.233 e. The molecular weight excluding hydrogens is 298 g/mol. The number of hydrogen-bond acceptors (Lipinski definition) is 5. The number of nitrogens with zero attached hydrogens (tertiary/aromatic N) is 5. The van der Waals surface area contributed by atoms with E-state index in [-0.39, 0.29) is 5.91 Å². The summed E-state index contributed by atoms with van der Waals surface area (Å²) in [6.07, 6.45) is 8.27. The Morgan fingerprint density at radius 1 is 1.18 bits per heavy atom. The van der Waals surface area contributed by atoms with Crippen LogP contribution in [0.25, 0.3) is 0 Å². The fourth-order valence-electron chi connectivity index (χ4n) is 3.39. The third-order valence-corrected chi connectivity index (χ3v) is 5.75. The molecule has 0 spiro atoms. The number of hydrogen-bond donors (Lipinski definition) is 0. The molecule has 0 radical (unpaired) electrons. The molecule has 6 nitrogen and oxygen atoms in total. The molecule has 3 rings (SSSR count). The van der Waals surface area contributed by atoms with Crippen LogP contribution in [0.4, 0.5) is 0 Å². The van der Waals surface area contributed by atoms with Crippen molar-refractivity contribution < 1.29 is 4.79 Å². The van der Waals surface area contributed by atoms with Crippen molar-refractivity contribution in [2.75, 3.05) is 18.8 Å². The van der Waals surface area contributed by atoms with Gasteiger partial charge in [0.1, 0.15) is 0 Å². The summed E-state index contributed by atoms with van der Waals surface area (Å²) in [5.74, 6) is 1.40. The number of rotatable bonds is 4. The third kappa shape index (κ3) is 3.80. The van der Waals surface area contributed by atoms with E-state index in [0.717, 1.165) is 49.8 Å². The zero-order chi connectivity index (χ0) is 15.4. The Hall–Kier alpha value is -1.11. The van der Waals surface area contributed by atoms with Crippen molar-refractivity contribution in [1.82, 2.24) is 25.1 Å². The molecule has 7 heteroatoms. The summed E-state index contributed by atoms with van der Waals surface area (Å²) < 4.78 is 1.93. The maximum atomic E-state index is 12.4. The van der Waals surface area contributed by atoms with Gasteiger partial charge in [-0.2, -0.15) is 0 Å². The molecule has 1 aliphatic heterocycles. The van der Waals surface area contributed by atoms with E-state index in [1.165, 1.54) is 31.0 Å². The van der Waals surface area contributed by atoms with Gasteiger partial charge < -0.3 is 4.90 Å². The van der Waals surface area contributed by atoms with E-state index in [1.54, 1.807) is 0 Å². The van der Waals surface area contributed by atoms with E-state index in [9.17, 15) is 4.79 Å². The lowest BCUT2D eigenvalue weighted by Crippen LogP contribution is -2.33. The zero-order valence-corrected chi connectivity index (χ0v) is 14.1. The quantitative estimate of drug-likeness (QED) is 0.797. The number of carbonyl (C=O) groups excluding carboxylic acids is 1. The van der Waals surface area contributed by atoms with Gasteiger partial charge in [-0.15, -0.1) is 5.10 Å². The first kappa shape index (κ1) is 15.8. The minimum absolute atomic E-state index is 0.222. The second-order valence-electron chi connectivity index (χ2n) is 6.55. The minimum Gasteiger partial charge on any atom is -0.342 e. The number of aromatic nitrogens is 4. The van der Waals surface area contributed by atoms with Gasteiger partial charge in [-0.1, -0.05) is 31.5 Å². The van der Waals surface area contributed by atoms with Gasteiger partial charge in [-0.05, 0) is 48.4 Å². The maximum absolute atomic E-state index is 12.4. The van der Waals surface area contributed by atoms with Crippen molar-refractivity contribution in [2.24, 2.45) is 5.92 Å². The molecule has 1 aliphatic carbocycles. The van der Waals surface area contributed by atoms with Gasteiger partial charge in [0, 0.05) is 13.1 Å². The molecule has 2 heterocycles. The fraction of sp³-hybridized carbons (Fsp3) is 0.867. The summed E-state index contributed by atoms with van der Waals surface area (Å²) in [5, 5.41) is 12.8. The molecule has 1 saturated heterocycles. The average molecular weight is 323 g/mol. The molecule has 122 valence electrons. The second kappa shape index (κ2) is 7.44. The average Bonchev–Trinajstić information content (AvgIpc) is 3.14. The molecule has 1 unspecified atom stereocenters. The summed E-state index contributed by atoms with van der Waals surface area (Å²) >= 11 is 1.49. The van der Waals surface area contributed by atoms with Gasteiger partial charge in [0.15, 0.2) is 0 Å². The maximum Gasteiger partial charge on any atom is 0.233 e. The van der Waals surface area contributed by atoms with Crippen molar-refractivity contribution >= 4 is 17.7 Å². The minimum atomic E-state index is 0.222. The van der Waals surface area contributed by atoms with Crippen molar-refractivity contribution in [3.05, 3.63) is 0 Å². The molecular formula is C15H25N5OS. The van der Waals surface area contributed by atoms with Crippen LogP contribution in [0, 0.1) is 5.92 Å². The Balaban J connectivity index is 1.53. The van der Waals surface area contributed by atoms with Crippen LogP contribution in [0.1, 0.15) is 57.9 Å². The highest BCUT2D eigenvalue weighted by Gasteiger charge is 2.23. The molecule has 1 saturated carbocycles. The predicted octanol–water partition coefficient (Wildman–Crippen LogP) is 2.53. The number of likely N-dealkylation sites (tertiary alicyclic amines) is 1. The van der Waals surface area contributed by atoms with E-state index in [4.69, 9.17) is 0 Å². The number of thioether (sulfide) groups is 1. The number of carbonyl (C=O) groups is 1. The largest absolute Gasteiger partial charge is 0.342 e. The Morgan fingerprint density at radius 3 is 2.82 bits per heavy atom. The van der Waals surface area contributed by atoms with Crippen LogP contribution in [0.5, 0.6) is 0 Å². The summed E-state index contributed by atoms with van der Waals surface area (Å²) in [5.41, 5.74) is 0. The highest BCUT2D eigenvalue weighted by atomic mass is 32.2. The van der Waals surface area contributed by atoms with Gasteiger partial charge in [0.2, 0.25) is 11.1 Å². The van der Waals surface area contributed by atoms with Crippen LogP contribution < -0.4 is 0 Å². The monoisotopic (exact) mass is 323 g/mol. The Morgan fingerprint density at radius 2 is 2.00 bits per heavy atom. The second-order valence-corrected chi connectivity index (χ2v) is 7.49. The first-order chi connectivity index (χ1) is 10.7. The normalized spacial score (nSPS) is 23.7. The van der Waals surface area contributed by atoms with Crippen molar-refractivity contribution in [1.29, 1.82) is 0 Å². The Bertz CT molecular complexity index is 500. The molecule has 2 aliphatic rings. The Kier molecular flexibility index (Phi) is 5.33. The molecule has 1 aromatic heterocycles. The lowest BCUT2D eigenvalue weighted by atomic mass is 10.0. The molecule has 1 atom stereocenters. The van der Waals surface area contributed by atoms with E-state index in [1.807, 2.05) is 9.58 Å². The molecule has 1 amide bonds. The topological polar surface area (TPSA) is 63.9 Å². The number of amides is 1. The lowest BCUT2D eigenvalue weighted by Gasteiger charge is -2.20. The summed E-state index contributed by atoms with van der Waals surface area (Å²) in [6.45, 7) is 4.07.